The van der Waals surface area contributed by atoms with Crippen molar-refractivity contribution in [2.24, 2.45) is 7.05 Å². The summed E-state index contributed by atoms with van der Waals surface area (Å²) < 4.78 is 5.16. The Labute approximate surface area is 283 Å². The Morgan fingerprint density at radius 3 is 2.67 bits per heavy atom. The van der Waals surface area contributed by atoms with Crippen LogP contribution < -0.4 is 16.7 Å². The monoisotopic (exact) mass is 663 g/mol. The van der Waals surface area contributed by atoms with Gasteiger partial charge in [-0.15, -0.1) is 10.2 Å². The molecule has 5 aromatic rings. The Balaban J connectivity index is 0.926. The number of likely N-dealkylation sites (tertiary alicyclic amines) is 1. The second kappa shape index (κ2) is 13.7. The lowest BCUT2D eigenvalue weighted by Crippen LogP contribution is -2.44. The highest BCUT2D eigenvalue weighted by Crippen LogP contribution is 2.33. The molecule has 0 saturated carbocycles. The van der Waals surface area contributed by atoms with E-state index in [9.17, 15) is 19.5 Å². The maximum atomic E-state index is 13.1. The highest BCUT2D eigenvalue weighted by Gasteiger charge is 2.31. The molecule has 3 aromatic heterocycles. The van der Waals surface area contributed by atoms with Crippen LogP contribution in [0.4, 0.5) is 5.82 Å². The fourth-order valence-corrected chi connectivity index (χ4v) is 7.22. The molecule has 0 spiro atoms. The average molecular weight is 664 g/mol. The normalized spacial score (nSPS) is 18.6. The lowest BCUT2D eigenvalue weighted by atomic mass is 10.0. The number of phenols is 1. The molecule has 4 N–H and O–H groups in total. The van der Waals surface area contributed by atoms with E-state index in [-0.39, 0.29) is 29.8 Å². The molecule has 254 valence electrons. The van der Waals surface area contributed by atoms with E-state index >= 15 is 0 Å². The van der Waals surface area contributed by atoms with Crippen molar-refractivity contribution in [1.82, 2.24) is 39.3 Å². The fraction of sp³-hybridized carbons (Fsp3) is 0.389. The van der Waals surface area contributed by atoms with Crippen LogP contribution >= 0.6 is 0 Å². The Bertz CT molecular complexity index is 2080. The van der Waals surface area contributed by atoms with Gasteiger partial charge >= 0.3 is 5.69 Å². The number of piperidine rings is 2. The Hall–Kier alpha value is -5.30. The number of fused-ring (bicyclic) bond motifs is 1. The van der Waals surface area contributed by atoms with Crippen molar-refractivity contribution in [1.29, 1.82) is 0 Å². The number of carbonyl (C=O) groups is 2. The van der Waals surface area contributed by atoms with Crippen molar-refractivity contribution in [2.75, 3.05) is 25.4 Å². The number of nitrogens with zero attached hydrogens (tertiary/aromatic N) is 7. The summed E-state index contributed by atoms with van der Waals surface area (Å²) in [6, 6.07) is 14.5. The zero-order chi connectivity index (χ0) is 34.1. The van der Waals surface area contributed by atoms with Crippen molar-refractivity contribution in [3.05, 3.63) is 77.0 Å². The third-order valence-corrected chi connectivity index (χ3v) is 9.89. The Kier molecular flexibility index (Phi) is 9.00. The van der Waals surface area contributed by atoms with Crippen molar-refractivity contribution in [3.8, 4) is 28.1 Å². The first-order valence-electron chi connectivity index (χ1n) is 17.0. The van der Waals surface area contributed by atoms with Crippen LogP contribution in [-0.4, -0.2) is 70.6 Å². The molecule has 0 radical (unpaired) electrons. The summed E-state index contributed by atoms with van der Waals surface area (Å²) in [5.74, 6) is -0.258. The minimum absolute atomic E-state index is 0.138. The number of carbonyl (C=O) groups excluding carboxylic acids is 2. The second-order valence-corrected chi connectivity index (χ2v) is 13.2. The molecule has 49 heavy (non-hydrogen) atoms. The standard InChI is InChI=1S/C36H41N9O4/c1-42-31-18-23(12-13-29(31)45(36(42)49)30-14-15-33(47)39-35(30)48)8-3-2-6-16-43-17-7-9-25(22-43)44-21-24(20-38-44)27-19-28(40-41-34(27)37)26-10-4-5-11-32(26)46/h4-5,10-13,18-21,25,30,46H,2-3,6-9,14-17,22H2,1H3,(H2,37,41)(H,39,47,48). The lowest BCUT2D eigenvalue weighted by molar-refractivity contribution is -0.135. The van der Waals surface area contributed by atoms with Crippen molar-refractivity contribution < 1.29 is 14.7 Å². The van der Waals surface area contributed by atoms with Gasteiger partial charge in [-0.3, -0.25) is 28.7 Å². The molecule has 2 unspecified atom stereocenters. The van der Waals surface area contributed by atoms with Crippen molar-refractivity contribution >= 4 is 28.7 Å². The number of para-hydroxylation sites is 1. The first-order chi connectivity index (χ1) is 23.8. The van der Waals surface area contributed by atoms with E-state index < -0.39 is 11.9 Å². The molecule has 5 heterocycles. The number of benzene rings is 2. The summed E-state index contributed by atoms with van der Waals surface area (Å²) in [5, 5.41) is 25.7. The minimum Gasteiger partial charge on any atom is -0.507 e. The number of aryl methyl sites for hydroxylation is 2. The molecule has 7 rings (SSSR count). The molecular formula is C36H41N9O4. The first-order valence-corrected chi connectivity index (χ1v) is 17.0. The number of hydrogen-bond acceptors (Lipinski definition) is 9. The largest absolute Gasteiger partial charge is 0.507 e. The number of aromatic nitrogens is 6. The smallest absolute Gasteiger partial charge is 0.329 e. The molecule has 2 saturated heterocycles. The van der Waals surface area contributed by atoms with Gasteiger partial charge in [0.1, 0.15) is 11.8 Å². The van der Waals surface area contributed by atoms with Gasteiger partial charge in [0.25, 0.3) is 0 Å². The van der Waals surface area contributed by atoms with Gasteiger partial charge in [-0.25, -0.2) is 4.79 Å². The quantitative estimate of drug-likeness (QED) is 0.148. The molecule has 2 aliphatic rings. The Morgan fingerprint density at radius 2 is 1.84 bits per heavy atom. The predicted molar refractivity (Wildman–Crippen MR) is 186 cm³/mol. The van der Waals surface area contributed by atoms with E-state index in [0.717, 1.165) is 80.4 Å². The number of nitrogens with one attached hydrogen (secondary N) is 1. The topological polar surface area (TPSA) is 166 Å². The van der Waals surface area contributed by atoms with E-state index in [1.165, 1.54) is 4.57 Å². The molecule has 2 aliphatic heterocycles. The molecule has 13 nitrogen and oxygen atoms in total. The van der Waals surface area contributed by atoms with Crippen LogP contribution in [0.1, 0.15) is 62.6 Å². The predicted octanol–water partition coefficient (Wildman–Crippen LogP) is 3.98. The number of nitrogens with two attached hydrogens (primary N) is 1. The van der Waals surface area contributed by atoms with E-state index in [1.54, 1.807) is 29.8 Å². The van der Waals surface area contributed by atoms with Gasteiger partial charge in [0.15, 0.2) is 5.82 Å². The molecule has 0 bridgehead atoms. The van der Waals surface area contributed by atoms with E-state index in [1.807, 2.05) is 41.3 Å². The van der Waals surface area contributed by atoms with E-state index in [0.29, 0.717) is 29.0 Å². The number of imidazole rings is 1. The molecule has 2 fully saturated rings. The summed E-state index contributed by atoms with van der Waals surface area (Å²) in [5.41, 5.74) is 11.4. The SMILES string of the molecule is Cn1c(=O)n(C2CCC(=O)NC2=O)c2ccc(CCCCCN3CCCC(n4cc(-c5cc(-c6ccccc6O)nnc5N)cn4)C3)cc21. The highest BCUT2D eigenvalue weighted by atomic mass is 16.3. The Morgan fingerprint density at radius 1 is 0.980 bits per heavy atom. The fourth-order valence-electron chi connectivity index (χ4n) is 7.22. The molecule has 2 amide bonds. The van der Waals surface area contributed by atoms with E-state index in [4.69, 9.17) is 10.8 Å². The van der Waals surface area contributed by atoms with Gasteiger partial charge < -0.3 is 15.7 Å². The van der Waals surface area contributed by atoms with Crippen LogP contribution in [0.5, 0.6) is 5.75 Å². The van der Waals surface area contributed by atoms with E-state index in [2.05, 4.69) is 26.5 Å². The van der Waals surface area contributed by atoms with Crippen molar-refractivity contribution in [2.45, 2.75) is 63.5 Å². The number of imide groups is 1. The molecular weight excluding hydrogens is 622 g/mol. The van der Waals surface area contributed by atoms with Gasteiger partial charge in [0.05, 0.1) is 29.0 Å². The summed E-state index contributed by atoms with van der Waals surface area (Å²) >= 11 is 0. The van der Waals surface area contributed by atoms with Gasteiger partial charge in [0.2, 0.25) is 11.8 Å². The molecule has 0 aliphatic carbocycles. The van der Waals surface area contributed by atoms with Crippen LogP contribution in [0, 0.1) is 0 Å². The number of phenolic OH excluding ortho intramolecular Hbond substituents is 1. The van der Waals surface area contributed by atoms with Crippen LogP contribution in [-0.2, 0) is 23.1 Å². The second-order valence-electron chi connectivity index (χ2n) is 13.2. The summed E-state index contributed by atoms with van der Waals surface area (Å²) in [6.07, 6.45) is 10.7. The lowest BCUT2D eigenvalue weighted by Gasteiger charge is -2.32. The average Bonchev–Trinajstić information content (AvgIpc) is 3.68. The number of anilines is 1. The third-order valence-electron chi connectivity index (χ3n) is 9.89. The van der Waals surface area contributed by atoms with Crippen LogP contribution in [0.15, 0.2) is 65.7 Å². The zero-order valence-corrected chi connectivity index (χ0v) is 27.6. The number of hydrogen-bond donors (Lipinski definition) is 3. The summed E-state index contributed by atoms with van der Waals surface area (Å²) in [6.45, 7) is 3.03. The van der Waals surface area contributed by atoms with Gasteiger partial charge in [-0.2, -0.15) is 5.10 Å². The number of amides is 2. The molecule has 2 atom stereocenters. The molecule has 13 heteroatoms. The number of unbranched alkanes of at least 4 members (excludes halogenated alkanes) is 2. The number of nitrogen functional groups attached to an aromatic ring is 1. The number of aromatic hydroxyl groups is 1. The third kappa shape index (κ3) is 6.58. The zero-order valence-electron chi connectivity index (χ0n) is 27.6. The van der Waals surface area contributed by atoms with Gasteiger partial charge in [-0.05, 0) is 87.5 Å². The summed E-state index contributed by atoms with van der Waals surface area (Å²) in [7, 11) is 1.73. The van der Waals surface area contributed by atoms with Crippen LogP contribution in [0.25, 0.3) is 33.4 Å². The minimum atomic E-state index is -0.675. The summed E-state index contributed by atoms with van der Waals surface area (Å²) in [4.78, 5) is 39.7. The van der Waals surface area contributed by atoms with Crippen LogP contribution in [0.2, 0.25) is 0 Å². The maximum absolute atomic E-state index is 13.1. The van der Waals surface area contributed by atoms with Crippen molar-refractivity contribution in [3.63, 3.8) is 0 Å². The molecule has 2 aromatic carbocycles. The highest BCUT2D eigenvalue weighted by molar-refractivity contribution is 6.00. The van der Waals surface area contributed by atoms with Gasteiger partial charge in [0, 0.05) is 42.9 Å². The first kappa shape index (κ1) is 32.3. The number of rotatable bonds is 10. The maximum Gasteiger partial charge on any atom is 0.329 e. The van der Waals surface area contributed by atoms with Crippen LogP contribution in [0.3, 0.4) is 0 Å². The van der Waals surface area contributed by atoms with Gasteiger partial charge in [-0.1, -0.05) is 24.6 Å².